The Morgan fingerprint density at radius 1 is 1.14 bits per heavy atom. The summed E-state index contributed by atoms with van der Waals surface area (Å²) in [6.45, 7) is 10.5. The van der Waals surface area contributed by atoms with Crippen molar-refractivity contribution in [3.8, 4) is 0 Å². The van der Waals surface area contributed by atoms with E-state index < -0.39 is 0 Å². The van der Waals surface area contributed by atoms with Crippen LogP contribution in [0.3, 0.4) is 0 Å². The van der Waals surface area contributed by atoms with Crippen molar-refractivity contribution in [3.05, 3.63) is 66.4 Å². The molecule has 6 nitrogen and oxygen atoms in total. The van der Waals surface area contributed by atoms with Crippen LogP contribution in [-0.2, 0) is 6.42 Å². The number of nitrogens with zero attached hydrogens (tertiary/aromatic N) is 5. The topological polar surface area (TPSA) is 58.9 Å². The fourth-order valence-corrected chi connectivity index (χ4v) is 4.84. The van der Waals surface area contributed by atoms with E-state index in [2.05, 4.69) is 56.8 Å². The fourth-order valence-electron chi connectivity index (χ4n) is 4.84. The molecule has 0 spiro atoms. The number of likely N-dealkylation sites (tertiary alicyclic amines) is 1. The zero-order valence-corrected chi connectivity index (χ0v) is 16.1. The Morgan fingerprint density at radius 2 is 1.89 bits per heavy atom. The van der Waals surface area contributed by atoms with E-state index in [0.29, 0.717) is 17.9 Å². The SMILES string of the molecule is C=C1CCc2cc(/C=C/C(=C)N3CC4CC(n5nccn5)CC4C3)cnc2N1. The highest BCUT2D eigenvalue weighted by atomic mass is 15.5. The molecule has 2 aromatic rings. The van der Waals surface area contributed by atoms with E-state index in [-0.39, 0.29) is 0 Å². The van der Waals surface area contributed by atoms with Gasteiger partial charge < -0.3 is 10.2 Å². The van der Waals surface area contributed by atoms with Crippen molar-refractivity contribution in [1.29, 1.82) is 0 Å². The van der Waals surface area contributed by atoms with Crippen LogP contribution in [0, 0.1) is 11.8 Å². The number of anilines is 1. The minimum Gasteiger partial charge on any atom is -0.371 e. The molecule has 1 saturated heterocycles. The van der Waals surface area contributed by atoms with Crippen molar-refractivity contribution >= 4 is 11.9 Å². The Labute approximate surface area is 165 Å². The highest BCUT2D eigenvalue weighted by Crippen LogP contribution is 2.44. The Bertz CT molecular complexity index is 915. The summed E-state index contributed by atoms with van der Waals surface area (Å²) >= 11 is 0. The van der Waals surface area contributed by atoms with Gasteiger partial charge in [-0.2, -0.15) is 15.0 Å². The first kappa shape index (κ1) is 17.2. The predicted octanol–water partition coefficient (Wildman–Crippen LogP) is 3.65. The highest BCUT2D eigenvalue weighted by Gasteiger charge is 2.42. The zero-order chi connectivity index (χ0) is 19.1. The van der Waals surface area contributed by atoms with E-state index in [9.17, 15) is 0 Å². The first-order valence-corrected chi connectivity index (χ1v) is 10.1. The molecule has 3 aliphatic rings. The largest absolute Gasteiger partial charge is 0.371 e. The third-order valence-electron chi connectivity index (χ3n) is 6.34. The summed E-state index contributed by atoms with van der Waals surface area (Å²) in [5.41, 5.74) is 4.52. The number of aromatic nitrogens is 4. The van der Waals surface area contributed by atoms with E-state index >= 15 is 0 Å². The molecule has 2 atom stereocenters. The maximum atomic E-state index is 4.54. The van der Waals surface area contributed by atoms with Gasteiger partial charge in [-0.25, -0.2) is 4.98 Å². The van der Waals surface area contributed by atoms with E-state index in [0.717, 1.165) is 48.7 Å². The number of pyridine rings is 1. The van der Waals surface area contributed by atoms with Gasteiger partial charge in [0.15, 0.2) is 0 Å². The summed E-state index contributed by atoms with van der Waals surface area (Å²) in [6, 6.07) is 2.67. The van der Waals surface area contributed by atoms with Crippen LogP contribution >= 0.6 is 0 Å². The molecule has 0 amide bonds. The molecule has 6 heteroatoms. The van der Waals surface area contributed by atoms with Crippen LogP contribution in [0.2, 0.25) is 0 Å². The van der Waals surface area contributed by atoms with Gasteiger partial charge in [0, 0.05) is 30.7 Å². The lowest BCUT2D eigenvalue weighted by Gasteiger charge is -2.21. The van der Waals surface area contributed by atoms with E-state index in [1.807, 2.05) is 11.0 Å². The molecule has 0 bridgehead atoms. The molecule has 4 heterocycles. The van der Waals surface area contributed by atoms with Crippen molar-refractivity contribution < 1.29 is 0 Å². The van der Waals surface area contributed by atoms with Crippen LogP contribution in [0.15, 0.2) is 55.3 Å². The Balaban J connectivity index is 1.20. The first-order chi connectivity index (χ1) is 13.7. The molecular weight excluding hydrogens is 348 g/mol. The summed E-state index contributed by atoms with van der Waals surface area (Å²) in [5.74, 6) is 2.37. The number of hydrogen-bond acceptors (Lipinski definition) is 5. The maximum Gasteiger partial charge on any atom is 0.133 e. The van der Waals surface area contributed by atoms with Crippen molar-refractivity contribution in [1.82, 2.24) is 24.9 Å². The normalized spacial score (nSPS) is 26.4. The predicted molar refractivity (Wildman–Crippen MR) is 110 cm³/mol. The van der Waals surface area contributed by atoms with Crippen molar-refractivity contribution in [3.63, 3.8) is 0 Å². The van der Waals surface area contributed by atoms with Crippen LogP contribution in [0.1, 0.15) is 36.4 Å². The molecule has 5 rings (SSSR count). The lowest BCUT2D eigenvalue weighted by atomic mass is 10.0. The summed E-state index contributed by atoms with van der Waals surface area (Å²) in [4.78, 5) is 8.86. The molecule has 0 radical (unpaired) electrons. The summed E-state index contributed by atoms with van der Waals surface area (Å²) in [6.07, 6.45) is 14.0. The van der Waals surface area contributed by atoms with Crippen molar-refractivity contribution in [2.24, 2.45) is 11.8 Å². The van der Waals surface area contributed by atoms with Gasteiger partial charge in [-0.3, -0.25) is 0 Å². The van der Waals surface area contributed by atoms with Gasteiger partial charge in [-0.1, -0.05) is 19.2 Å². The second kappa shape index (κ2) is 6.93. The number of rotatable bonds is 4. The van der Waals surface area contributed by atoms with Crippen LogP contribution in [0.5, 0.6) is 0 Å². The molecule has 2 unspecified atom stereocenters. The maximum absolute atomic E-state index is 4.54. The average molecular weight is 374 g/mol. The zero-order valence-electron chi connectivity index (χ0n) is 16.1. The monoisotopic (exact) mass is 374 g/mol. The van der Waals surface area contributed by atoms with Crippen molar-refractivity contribution in [2.45, 2.75) is 31.7 Å². The molecule has 1 aliphatic carbocycles. The summed E-state index contributed by atoms with van der Waals surface area (Å²) < 4.78 is 0. The third-order valence-corrected chi connectivity index (χ3v) is 6.34. The Hall–Kier alpha value is -2.89. The standard InChI is InChI=1S/C22H26N6/c1-15-3-6-18-9-17(12-23-22(18)26-15)5-4-16(2)27-13-19-10-21(11-20(19)14-27)28-24-7-8-25-28/h4-5,7-9,12,19-21H,1-3,6,10-11,13-14H2,(H,23,26)/b5-4+. The highest BCUT2D eigenvalue weighted by molar-refractivity contribution is 5.59. The van der Waals surface area contributed by atoms with Gasteiger partial charge in [0.2, 0.25) is 0 Å². The van der Waals surface area contributed by atoms with E-state index in [1.165, 1.54) is 18.4 Å². The lowest BCUT2D eigenvalue weighted by molar-refractivity contribution is 0.338. The van der Waals surface area contributed by atoms with Gasteiger partial charge >= 0.3 is 0 Å². The third kappa shape index (κ3) is 3.23. The van der Waals surface area contributed by atoms with Crippen LogP contribution in [0.4, 0.5) is 5.82 Å². The molecule has 1 N–H and O–H groups in total. The molecule has 2 fully saturated rings. The van der Waals surface area contributed by atoms with Crippen LogP contribution in [-0.4, -0.2) is 38.0 Å². The van der Waals surface area contributed by atoms with Gasteiger partial charge in [-0.15, -0.1) is 0 Å². The number of hydrogen-bond donors (Lipinski definition) is 1. The molecule has 0 aromatic carbocycles. The summed E-state index contributed by atoms with van der Waals surface area (Å²) in [7, 11) is 0. The number of allylic oxidation sites excluding steroid dienone is 2. The number of nitrogens with one attached hydrogen (secondary N) is 1. The summed E-state index contributed by atoms with van der Waals surface area (Å²) in [5, 5.41) is 11.9. The van der Waals surface area contributed by atoms with Gasteiger partial charge in [-0.05, 0) is 60.8 Å². The number of fused-ring (bicyclic) bond motifs is 2. The molecule has 2 aromatic heterocycles. The Kier molecular flexibility index (Phi) is 4.26. The van der Waals surface area contributed by atoms with E-state index in [4.69, 9.17) is 0 Å². The number of aryl methyl sites for hydroxylation is 1. The van der Waals surface area contributed by atoms with Crippen LogP contribution in [0.25, 0.3) is 6.08 Å². The second-order valence-electron chi connectivity index (χ2n) is 8.23. The smallest absolute Gasteiger partial charge is 0.133 e. The van der Waals surface area contributed by atoms with E-state index in [1.54, 1.807) is 12.4 Å². The quantitative estimate of drug-likeness (QED) is 0.828. The minimum absolute atomic E-state index is 0.460. The molecule has 2 aliphatic heterocycles. The minimum atomic E-state index is 0.460. The molecule has 144 valence electrons. The van der Waals surface area contributed by atoms with Gasteiger partial charge in [0.25, 0.3) is 0 Å². The van der Waals surface area contributed by atoms with Gasteiger partial charge in [0.1, 0.15) is 5.82 Å². The molecular formula is C22H26N6. The molecule has 28 heavy (non-hydrogen) atoms. The van der Waals surface area contributed by atoms with Gasteiger partial charge in [0.05, 0.1) is 18.4 Å². The average Bonchev–Trinajstić information content (AvgIpc) is 3.41. The molecule has 1 saturated carbocycles. The second-order valence-corrected chi connectivity index (χ2v) is 8.23. The Morgan fingerprint density at radius 3 is 2.64 bits per heavy atom. The fraction of sp³-hybridized carbons (Fsp3) is 0.409. The first-order valence-electron chi connectivity index (χ1n) is 10.1. The van der Waals surface area contributed by atoms with Crippen LogP contribution < -0.4 is 5.32 Å². The van der Waals surface area contributed by atoms with Crippen molar-refractivity contribution in [2.75, 3.05) is 18.4 Å². The lowest BCUT2D eigenvalue weighted by Crippen LogP contribution is -2.21.